The van der Waals surface area contributed by atoms with Crippen molar-refractivity contribution in [2.45, 2.75) is 32.7 Å². The molecule has 1 amide bonds. The number of aromatic nitrogens is 1. The van der Waals surface area contributed by atoms with Gasteiger partial charge in [0.15, 0.2) is 5.82 Å². The molecular formula is C24H21BrN2O4. The Hall–Kier alpha value is -3.19. The molecule has 1 saturated heterocycles. The number of aryl methyl sites for hydroxylation is 1. The van der Waals surface area contributed by atoms with Gasteiger partial charge in [-0.3, -0.25) is 14.5 Å². The molecule has 1 aliphatic heterocycles. The van der Waals surface area contributed by atoms with E-state index in [0.29, 0.717) is 22.8 Å². The smallest absolute Gasteiger partial charge is 0.301 e. The Kier molecular flexibility index (Phi) is 5.54. The summed E-state index contributed by atoms with van der Waals surface area (Å²) in [5.41, 5.74) is 2.29. The fraction of sp³-hybridized carbons (Fsp3) is 0.208. The van der Waals surface area contributed by atoms with Crippen molar-refractivity contribution in [2.75, 3.05) is 4.90 Å². The molecule has 0 saturated carbocycles. The third-order valence-electron chi connectivity index (χ3n) is 5.34. The average molecular weight is 481 g/mol. The Morgan fingerprint density at radius 2 is 1.74 bits per heavy atom. The van der Waals surface area contributed by atoms with E-state index in [1.54, 1.807) is 37.3 Å². The molecule has 1 fully saturated rings. The summed E-state index contributed by atoms with van der Waals surface area (Å²) in [6.07, 6.45) is 0. The number of hydrogen-bond donors (Lipinski definition) is 1. The van der Waals surface area contributed by atoms with Crippen LogP contribution >= 0.6 is 15.9 Å². The van der Waals surface area contributed by atoms with E-state index in [-0.39, 0.29) is 17.2 Å². The number of aliphatic hydroxyl groups excluding tert-OH is 1. The normalized spacial score (nSPS) is 18.2. The number of hydrogen-bond acceptors (Lipinski definition) is 5. The summed E-state index contributed by atoms with van der Waals surface area (Å²) in [6, 6.07) is 15.4. The van der Waals surface area contributed by atoms with Crippen LogP contribution in [0.3, 0.4) is 0 Å². The quantitative estimate of drug-likeness (QED) is 0.303. The topological polar surface area (TPSA) is 83.6 Å². The molecule has 0 spiro atoms. The molecule has 6 nitrogen and oxygen atoms in total. The summed E-state index contributed by atoms with van der Waals surface area (Å²) < 4.78 is 5.99. The monoisotopic (exact) mass is 480 g/mol. The molecule has 4 rings (SSSR count). The first-order chi connectivity index (χ1) is 14.8. The number of rotatable bonds is 4. The third kappa shape index (κ3) is 3.81. The molecule has 7 heteroatoms. The second-order valence-electron chi connectivity index (χ2n) is 7.79. The summed E-state index contributed by atoms with van der Waals surface area (Å²) in [5.74, 6) is -0.678. The number of amides is 1. The number of nitrogens with zero attached hydrogens (tertiary/aromatic N) is 2. The van der Waals surface area contributed by atoms with E-state index in [9.17, 15) is 14.7 Å². The van der Waals surface area contributed by atoms with Crippen molar-refractivity contribution in [2.24, 2.45) is 0 Å². The van der Waals surface area contributed by atoms with E-state index in [0.717, 1.165) is 10.0 Å². The maximum atomic E-state index is 13.1. The largest absolute Gasteiger partial charge is 0.507 e. The summed E-state index contributed by atoms with van der Waals surface area (Å²) in [5, 5.41) is 15.0. The number of carbonyl (C=O) groups is 2. The Bertz CT molecular complexity index is 1180. The molecule has 2 aromatic carbocycles. The van der Waals surface area contributed by atoms with Crippen molar-refractivity contribution in [3.63, 3.8) is 0 Å². The molecule has 0 radical (unpaired) electrons. The minimum atomic E-state index is -0.825. The molecule has 158 valence electrons. The molecule has 1 aromatic heterocycles. The van der Waals surface area contributed by atoms with Crippen LogP contribution in [-0.4, -0.2) is 22.0 Å². The Labute approximate surface area is 188 Å². The Balaban J connectivity index is 1.91. The van der Waals surface area contributed by atoms with Gasteiger partial charge in [0, 0.05) is 16.1 Å². The lowest BCUT2D eigenvalue weighted by atomic mass is 9.93. The molecular weight excluding hydrogens is 460 g/mol. The third-order valence-corrected chi connectivity index (χ3v) is 5.87. The SMILES string of the molecule is Cc1cc(N2C(=O)C(=O)C(=C(O)c3ccc(Br)cc3)C2c2ccc(C(C)C)cc2)no1. The maximum Gasteiger partial charge on any atom is 0.301 e. The molecule has 1 atom stereocenters. The van der Waals surface area contributed by atoms with E-state index in [2.05, 4.69) is 34.9 Å². The van der Waals surface area contributed by atoms with Crippen LogP contribution in [0.4, 0.5) is 5.82 Å². The van der Waals surface area contributed by atoms with Gasteiger partial charge in [-0.05, 0) is 36.1 Å². The van der Waals surface area contributed by atoms with Crippen molar-refractivity contribution in [1.82, 2.24) is 5.16 Å². The number of benzene rings is 2. The van der Waals surface area contributed by atoms with Gasteiger partial charge in [0.05, 0.1) is 11.6 Å². The van der Waals surface area contributed by atoms with Crippen molar-refractivity contribution < 1.29 is 19.2 Å². The average Bonchev–Trinajstić information content (AvgIpc) is 3.29. The second-order valence-corrected chi connectivity index (χ2v) is 8.71. The van der Waals surface area contributed by atoms with Crippen molar-refractivity contribution in [3.05, 3.63) is 87.1 Å². The van der Waals surface area contributed by atoms with Crippen LogP contribution < -0.4 is 4.90 Å². The molecule has 2 heterocycles. The lowest BCUT2D eigenvalue weighted by Gasteiger charge is -2.23. The fourth-order valence-electron chi connectivity index (χ4n) is 3.68. The van der Waals surface area contributed by atoms with Crippen LogP contribution in [0.25, 0.3) is 5.76 Å². The minimum absolute atomic E-state index is 0.0188. The van der Waals surface area contributed by atoms with Gasteiger partial charge >= 0.3 is 5.91 Å². The highest BCUT2D eigenvalue weighted by molar-refractivity contribution is 9.10. The summed E-state index contributed by atoms with van der Waals surface area (Å²) in [6.45, 7) is 5.89. The predicted molar refractivity (Wildman–Crippen MR) is 121 cm³/mol. The lowest BCUT2D eigenvalue weighted by Crippen LogP contribution is -2.29. The summed E-state index contributed by atoms with van der Waals surface area (Å²) in [4.78, 5) is 27.4. The molecule has 1 aliphatic rings. The van der Waals surface area contributed by atoms with Gasteiger partial charge in [-0.15, -0.1) is 0 Å². The lowest BCUT2D eigenvalue weighted by molar-refractivity contribution is -0.132. The minimum Gasteiger partial charge on any atom is -0.507 e. The molecule has 1 N–H and O–H groups in total. The van der Waals surface area contributed by atoms with Crippen LogP contribution in [0, 0.1) is 6.92 Å². The molecule has 31 heavy (non-hydrogen) atoms. The summed E-state index contributed by atoms with van der Waals surface area (Å²) >= 11 is 3.36. The van der Waals surface area contributed by atoms with Crippen molar-refractivity contribution in [3.8, 4) is 0 Å². The van der Waals surface area contributed by atoms with Crippen LogP contribution in [0.5, 0.6) is 0 Å². The first-order valence-electron chi connectivity index (χ1n) is 9.88. The van der Waals surface area contributed by atoms with Gasteiger partial charge in [-0.1, -0.05) is 71.3 Å². The van der Waals surface area contributed by atoms with E-state index in [1.807, 2.05) is 24.3 Å². The Morgan fingerprint density at radius 3 is 2.29 bits per heavy atom. The molecule has 3 aromatic rings. The summed E-state index contributed by atoms with van der Waals surface area (Å²) in [7, 11) is 0. The first-order valence-corrected chi connectivity index (χ1v) is 10.7. The molecule has 0 aliphatic carbocycles. The van der Waals surface area contributed by atoms with Crippen molar-refractivity contribution >= 4 is 39.2 Å². The van der Waals surface area contributed by atoms with E-state index < -0.39 is 17.7 Å². The van der Waals surface area contributed by atoms with Gasteiger partial charge in [-0.25, -0.2) is 0 Å². The zero-order chi connectivity index (χ0) is 22.3. The van der Waals surface area contributed by atoms with Gasteiger partial charge in [0.2, 0.25) is 0 Å². The van der Waals surface area contributed by atoms with Crippen LogP contribution in [0.15, 0.2) is 69.2 Å². The zero-order valence-electron chi connectivity index (χ0n) is 17.3. The highest BCUT2D eigenvalue weighted by Gasteiger charge is 2.48. The number of ketones is 1. The van der Waals surface area contributed by atoms with Crippen LogP contribution in [0.2, 0.25) is 0 Å². The number of Topliss-reactive ketones (excluding diaryl/α,β-unsaturated/α-hetero) is 1. The molecule has 1 unspecified atom stereocenters. The number of aliphatic hydroxyl groups is 1. The Morgan fingerprint density at radius 1 is 1.10 bits per heavy atom. The van der Waals surface area contributed by atoms with Crippen molar-refractivity contribution in [1.29, 1.82) is 0 Å². The van der Waals surface area contributed by atoms with E-state index in [1.165, 1.54) is 4.90 Å². The van der Waals surface area contributed by atoms with Crippen LogP contribution in [-0.2, 0) is 9.59 Å². The maximum absolute atomic E-state index is 13.1. The van der Waals surface area contributed by atoms with Gasteiger partial charge in [-0.2, -0.15) is 0 Å². The highest BCUT2D eigenvalue weighted by Crippen LogP contribution is 2.42. The fourth-order valence-corrected chi connectivity index (χ4v) is 3.94. The number of halogens is 1. The predicted octanol–water partition coefficient (Wildman–Crippen LogP) is 5.50. The van der Waals surface area contributed by atoms with Gasteiger partial charge in [0.1, 0.15) is 11.5 Å². The highest BCUT2D eigenvalue weighted by atomic mass is 79.9. The second kappa shape index (κ2) is 8.15. The van der Waals surface area contributed by atoms with Crippen LogP contribution in [0.1, 0.15) is 48.3 Å². The number of carbonyl (C=O) groups excluding carboxylic acids is 2. The zero-order valence-corrected chi connectivity index (χ0v) is 18.9. The number of anilines is 1. The standard InChI is InChI=1S/C24H21BrN2O4/c1-13(2)15-4-6-16(7-5-15)21-20(22(28)17-8-10-18(25)11-9-17)23(29)24(30)27(21)19-12-14(3)31-26-19/h4-13,21,28H,1-3H3. The molecule has 0 bridgehead atoms. The van der Waals surface area contributed by atoms with Gasteiger partial charge < -0.3 is 9.63 Å². The van der Waals surface area contributed by atoms with Gasteiger partial charge in [0.25, 0.3) is 5.78 Å². The van der Waals surface area contributed by atoms with E-state index >= 15 is 0 Å². The van der Waals surface area contributed by atoms with E-state index in [4.69, 9.17) is 4.52 Å². The first kappa shape index (κ1) is 21.1.